The molecular weight excluding hydrogens is 342 g/mol. The summed E-state index contributed by atoms with van der Waals surface area (Å²) in [5.41, 5.74) is 0.473. The number of amides is 1. The highest BCUT2D eigenvalue weighted by Crippen LogP contribution is 2.25. The van der Waals surface area contributed by atoms with Gasteiger partial charge in [-0.15, -0.1) is 0 Å². The third-order valence-electron chi connectivity index (χ3n) is 2.82. The second-order valence-corrected chi connectivity index (χ2v) is 6.11. The fraction of sp³-hybridized carbons (Fsp3) is 0.429. The molecule has 0 aliphatic rings. The molecule has 0 unspecified atom stereocenters. The van der Waals surface area contributed by atoms with Crippen LogP contribution in [0.1, 0.15) is 23.7 Å². The van der Waals surface area contributed by atoms with Gasteiger partial charge in [0.25, 0.3) is 5.91 Å². The maximum Gasteiger partial charge on any atom is 0.251 e. The molecule has 0 aliphatic heterocycles. The van der Waals surface area contributed by atoms with Gasteiger partial charge in [-0.25, -0.2) is 0 Å². The minimum atomic E-state index is -0.440. The van der Waals surface area contributed by atoms with Gasteiger partial charge < -0.3 is 10.1 Å². The minimum Gasteiger partial charge on any atom is -0.496 e. The van der Waals surface area contributed by atoms with Crippen LogP contribution in [0.2, 0.25) is 0 Å². The lowest BCUT2D eigenvalue weighted by Crippen LogP contribution is -2.40. The fourth-order valence-corrected chi connectivity index (χ4v) is 2.54. The molecule has 0 aromatic heterocycles. The number of thioether (sulfide) groups is 1. The quantitative estimate of drug-likeness (QED) is 0.813. The predicted molar refractivity (Wildman–Crippen MR) is 85.6 cm³/mol. The maximum atomic E-state index is 12.2. The van der Waals surface area contributed by atoms with Crippen LogP contribution in [0, 0.1) is 0 Å². The summed E-state index contributed by atoms with van der Waals surface area (Å²) in [5.74, 6) is 1.11. The van der Waals surface area contributed by atoms with E-state index < -0.39 is 6.04 Å². The van der Waals surface area contributed by atoms with Crippen molar-refractivity contribution in [1.82, 2.24) is 5.32 Å². The molecule has 20 heavy (non-hydrogen) atoms. The highest BCUT2D eigenvalue weighted by atomic mass is 79.9. The molecule has 0 saturated carbocycles. The van der Waals surface area contributed by atoms with Gasteiger partial charge in [-0.1, -0.05) is 0 Å². The van der Waals surface area contributed by atoms with Gasteiger partial charge in [0, 0.05) is 5.56 Å². The summed E-state index contributed by atoms with van der Waals surface area (Å²) in [6.07, 6.45) is 2.61. The zero-order chi connectivity index (χ0) is 15.1. The van der Waals surface area contributed by atoms with Crippen molar-refractivity contribution >= 4 is 39.4 Å². The molecule has 0 spiro atoms. The summed E-state index contributed by atoms with van der Waals surface area (Å²) >= 11 is 4.98. The van der Waals surface area contributed by atoms with E-state index in [1.165, 1.54) is 6.92 Å². The Morgan fingerprint density at radius 3 is 2.70 bits per heavy atom. The first-order valence-electron chi connectivity index (χ1n) is 6.13. The predicted octanol–water partition coefficient (Wildman–Crippen LogP) is 2.90. The summed E-state index contributed by atoms with van der Waals surface area (Å²) in [4.78, 5) is 23.7. The second kappa shape index (κ2) is 8.32. The molecule has 1 amide bonds. The first kappa shape index (κ1) is 17.0. The van der Waals surface area contributed by atoms with E-state index >= 15 is 0 Å². The second-order valence-electron chi connectivity index (χ2n) is 4.27. The van der Waals surface area contributed by atoms with Crippen LogP contribution in [0.5, 0.6) is 5.75 Å². The Bertz CT molecular complexity index is 493. The van der Waals surface area contributed by atoms with Crippen molar-refractivity contribution in [3.8, 4) is 5.75 Å². The van der Waals surface area contributed by atoms with Crippen molar-refractivity contribution < 1.29 is 14.3 Å². The molecule has 1 rings (SSSR count). The van der Waals surface area contributed by atoms with Crippen LogP contribution in [0.15, 0.2) is 22.7 Å². The number of halogens is 1. The molecule has 0 aliphatic carbocycles. The number of rotatable bonds is 7. The number of ketones is 1. The number of hydrogen-bond donors (Lipinski definition) is 1. The Hall–Kier alpha value is -1.01. The van der Waals surface area contributed by atoms with Crippen molar-refractivity contribution in [2.24, 2.45) is 0 Å². The van der Waals surface area contributed by atoms with Gasteiger partial charge in [0.15, 0.2) is 5.78 Å². The molecule has 4 nitrogen and oxygen atoms in total. The normalized spacial score (nSPS) is 11.8. The Balaban J connectivity index is 2.80. The molecule has 0 bridgehead atoms. The average Bonchev–Trinajstić information content (AvgIpc) is 2.43. The van der Waals surface area contributed by atoms with Gasteiger partial charge in [-0.05, 0) is 59.5 Å². The molecule has 1 atom stereocenters. The van der Waals surface area contributed by atoms with Gasteiger partial charge >= 0.3 is 0 Å². The van der Waals surface area contributed by atoms with E-state index in [2.05, 4.69) is 21.2 Å². The summed E-state index contributed by atoms with van der Waals surface area (Å²) in [6, 6.07) is 4.64. The third kappa shape index (κ3) is 4.83. The summed E-state index contributed by atoms with van der Waals surface area (Å²) < 4.78 is 5.94. The zero-order valence-corrected chi connectivity index (χ0v) is 14.1. The van der Waals surface area contributed by atoms with E-state index in [-0.39, 0.29) is 11.7 Å². The van der Waals surface area contributed by atoms with Gasteiger partial charge in [0.2, 0.25) is 0 Å². The fourth-order valence-electron chi connectivity index (χ4n) is 1.66. The van der Waals surface area contributed by atoms with Gasteiger partial charge in [0.05, 0.1) is 17.6 Å². The van der Waals surface area contributed by atoms with Crippen LogP contribution < -0.4 is 10.1 Å². The largest absolute Gasteiger partial charge is 0.496 e. The Morgan fingerprint density at radius 2 is 2.15 bits per heavy atom. The van der Waals surface area contributed by atoms with E-state index in [1.54, 1.807) is 37.1 Å². The number of methoxy groups -OCH3 is 1. The first-order chi connectivity index (χ1) is 9.49. The Labute approximate surface area is 131 Å². The maximum absolute atomic E-state index is 12.2. The third-order valence-corrected chi connectivity index (χ3v) is 4.12. The van der Waals surface area contributed by atoms with Crippen molar-refractivity contribution in [3.63, 3.8) is 0 Å². The summed E-state index contributed by atoms with van der Waals surface area (Å²) in [6.45, 7) is 1.49. The van der Waals surface area contributed by atoms with E-state index in [0.717, 1.165) is 10.2 Å². The van der Waals surface area contributed by atoms with Crippen LogP contribution in [0.25, 0.3) is 0 Å². The van der Waals surface area contributed by atoms with Crippen LogP contribution in [-0.4, -0.2) is 36.9 Å². The number of ether oxygens (including phenoxy) is 1. The SMILES string of the molecule is COc1cc(C(=O)N[C@@H](CCSC)C(C)=O)ccc1Br. The minimum absolute atomic E-state index is 0.0310. The summed E-state index contributed by atoms with van der Waals surface area (Å²) in [7, 11) is 1.54. The molecule has 0 heterocycles. The number of benzene rings is 1. The molecule has 1 N–H and O–H groups in total. The highest BCUT2D eigenvalue weighted by Gasteiger charge is 2.18. The van der Waals surface area contributed by atoms with Crippen LogP contribution in [0.3, 0.4) is 0 Å². The molecule has 1 aromatic rings. The lowest BCUT2D eigenvalue weighted by Gasteiger charge is -2.16. The first-order valence-corrected chi connectivity index (χ1v) is 8.32. The van der Waals surface area contributed by atoms with Gasteiger partial charge in [0.1, 0.15) is 5.75 Å². The standard InChI is InChI=1S/C14H18BrNO3S/c1-9(17)12(6-7-20-3)16-14(18)10-4-5-11(15)13(8-10)19-2/h4-5,8,12H,6-7H2,1-3H3,(H,16,18)/t12-/m0/s1. The van der Waals surface area contributed by atoms with E-state index in [1.807, 2.05) is 6.26 Å². The van der Waals surface area contributed by atoms with E-state index in [0.29, 0.717) is 17.7 Å². The van der Waals surface area contributed by atoms with Crippen molar-refractivity contribution in [1.29, 1.82) is 0 Å². The highest BCUT2D eigenvalue weighted by molar-refractivity contribution is 9.10. The molecular formula is C14H18BrNO3S. The monoisotopic (exact) mass is 359 g/mol. The molecule has 0 fully saturated rings. The van der Waals surface area contributed by atoms with Crippen LogP contribution in [0.4, 0.5) is 0 Å². The Morgan fingerprint density at radius 1 is 1.45 bits per heavy atom. The molecule has 0 radical (unpaired) electrons. The number of carbonyl (C=O) groups excluding carboxylic acids is 2. The number of Topliss-reactive ketones (excluding diaryl/α,β-unsaturated/α-hetero) is 1. The Kier molecular flexibility index (Phi) is 7.09. The number of nitrogens with one attached hydrogen (secondary N) is 1. The van der Waals surface area contributed by atoms with E-state index in [9.17, 15) is 9.59 Å². The van der Waals surface area contributed by atoms with Crippen LogP contribution in [-0.2, 0) is 4.79 Å². The molecule has 6 heteroatoms. The number of hydrogen-bond acceptors (Lipinski definition) is 4. The number of carbonyl (C=O) groups is 2. The molecule has 0 saturated heterocycles. The van der Waals surface area contributed by atoms with Crippen LogP contribution >= 0.6 is 27.7 Å². The molecule has 1 aromatic carbocycles. The zero-order valence-electron chi connectivity index (χ0n) is 11.7. The van der Waals surface area contributed by atoms with Crippen molar-refractivity contribution in [3.05, 3.63) is 28.2 Å². The smallest absolute Gasteiger partial charge is 0.251 e. The van der Waals surface area contributed by atoms with E-state index in [4.69, 9.17) is 4.74 Å². The van der Waals surface area contributed by atoms with Crippen molar-refractivity contribution in [2.45, 2.75) is 19.4 Å². The average molecular weight is 360 g/mol. The summed E-state index contributed by atoms with van der Waals surface area (Å²) in [5, 5.41) is 2.77. The molecule has 110 valence electrons. The topological polar surface area (TPSA) is 55.4 Å². The lowest BCUT2D eigenvalue weighted by atomic mass is 10.1. The van der Waals surface area contributed by atoms with Crippen molar-refractivity contribution in [2.75, 3.05) is 19.1 Å². The lowest BCUT2D eigenvalue weighted by molar-refractivity contribution is -0.118. The van der Waals surface area contributed by atoms with Gasteiger partial charge in [-0.2, -0.15) is 11.8 Å². The van der Waals surface area contributed by atoms with Gasteiger partial charge in [-0.3, -0.25) is 9.59 Å².